The molecule has 2 saturated heterocycles. The predicted octanol–water partition coefficient (Wildman–Crippen LogP) is 2.15. The molecule has 6 nitrogen and oxygen atoms in total. The molecule has 3 rings (SSSR count). The Labute approximate surface area is 143 Å². The Balaban J connectivity index is 1.85. The van der Waals surface area contributed by atoms with E-state index in [0.717, 1.165) is 45.3 Å². The number of piperidine rings is 2. The molecule has 24 heavy (non-hydrogen) atoms. The predicted molar refractivity (Wildman–Crippen MR) is 91.2 cm³/mol. The number of aromatic nitrogens is 2. The molecular formula is C17H27FN4O2. The van der Waals surface area contributed by atoms with E-state index in [0.29, 0.717) is 24.0 Å². The number of hydrogen-bond donors (Lipinski definition) is 0. The van der Waals surface area contributed by atoms with Gasteiger partial charge >= 0.3 is 0 Å². The van der Waals surface area contributed by atoms with Crippen LogP contribution in [0.25, 0.3) is 0 Å². The fraction of sp³-hybridized carbons (Fsp3) is 0.765. The maximum Gasteiger partial charge on any atom is 0.227 e. The highest BCUT2D eigenvalue weighted by Gasteiger charge is 2.27. The van der Waals surface area contributed by atoms with Crippen molar-refractivity contribution in [3.63, 3.8) is 0 Å². The molecule has 1 aromatic heterocycles. The van der Waals surface area contributed by atoms with Gasteiger partial charge in [0.1, 0.15) is 0 Å². The molecule has 2 aliphatic rings. The van der Waals surface area contributed by atoms with Crippen LogP contribution in [0.3, 0.4) is 0 Å². The van der Waals surface area contributed by atoms with Gasteiger partial charge in [-0.2, -0.15) is 4.98 Å². The van der Waals surface area contributed by atoms with Crippen LogP contribution in [-0.2, 0) is 9.47 Å². The molecule has 0 bridgehead atoms. The summed E-state index contributed by atoms with van der Waals surface area (Å²) in [4.78, 5) is 13.1. The van der Waals surface area contributed by atoms with Crippen LogP contribution < -0.4 is 9.80 Å². The molecular weight excluding hydrogens is 311 g/mol. The lowest BCUT2D eigenvalue weighted by Crippen LogP contribution is -2.42. The first-order valence-electron chi connectivity index (χ1n) is 8.72. The van der Waals surface area contributed by atoms with Gasteiger partial charge in [0.15, 0.2) is 11.6 Å². The lowest BCUT2D eigenvalue weighted by molar-refractivity contribution is 0.0884. The van der Waals surface area contributed by atoms with E-state index in [1.165, 1.54) is 0 Å². The first-order chi connectivity index (χ1) is 11.6. The molecule has 0 spiro atoms. The molecule has 0 aliphatic carbocycles. The average molecular weight is 338 g/mol. The summed E-state index contributed by atoms with van der Waals surface area (Å²) in [6.07, 6.45) is 4.37. The van der Waals surface area contributed by atoms with E-state index < -0.39 is 0 Å². The Morgan fingerprint density at radius 1 is 0.958 bits per heavy atom. The van der Waals surface area contributed by atoms with E-state index in [4.69, 9.17) is 9.47 Å². The quantitative estimate of drug-likeness (QED) is 0.838. The minimum atomic E-state index is -0.323. The molecule has 2 atom stereocenters. The average Bonchev–Trinajstić information content (AvgIpc) is 2.64. The first-order valence-corrected chi connectivity index (χ1v) is 8.72. The van der Waals surface area contributed by atoms with E-state index in [2.05, 4.69) is 14.9 Å². The smallest absolute Gasteiger partial charge is 0.227 e. The Morgan fingerprint density at radius 2 is 1.54 bits per heavy atom. The molecule has 0 amide bonds. The SMILES string of the molecule is CO[C@@H]1CCCN(c2nc(N3CCC[C@H](OC)C3)nc(C)c2F)C1. The fourth-order valence-electron chi connectivity index (χ4n) is 3.52. The molecule has 0 unspecified atom stereocenters. The maximum atomic E-state index is 14.7. The summed E-state index contributed by atoms with van der Waals surface area (Å²) in [7, 11) is 3.44. The summed E-state index contributed by atoms with van der Waals surface area (Å²) < 4.78 is 25.6. The molecule has 7 heteroatoms. The van der Waals surface area contributed by atoms with Crippen LogP contribution in [0.15, 0.2) is 0 Å². The van der Waals surface area contributed by atoms with Crippen LogP contribution in [0.4, 0.5) is 16.2 Å². The molecule has 134 valence electrons. The third-order valence-corrected chi connectivity index (χ3v) is 4.99. The number of methoxy groups -OCH3 is 2. The van der Waals surface area contributed by atoms with Gasteiger partial charge in [0.2, 0.25) is 5.95 Å². The third kappa shape index (κ3) is 3.62. The van der Waals surface area contributed by atoms with Crippen LogP contribution in [0.5, 0.6) is 0 Å². The van der Waals surface area contributed by atoms with Crippen LogP contribution in [0.1, 0.15) is 31.4 Å². The summed E-state index contributed by atoms with van der Waals surface area (Å²) in [6, 6.07) is 0. The second-order valence-electron chi connectivity index (χ2n) is 6.64. The van der Waals surface area contributed by atoms with Crippen LogP contribution in [0, 0.1) is 12.7 Å². The highest BCUT2D eigenvalue weighted by molar-refractivity contribution is 5.48. The van der Waals surface area contributed by atoms with Gasteiger partial charge in [-0.1, -0.05) is 0 Å². The minimum Gasteiger partial charge on any atom is -0.380 e. The molecule has 0 N–H and O–H groups in total. The number of halogens is 1. The third-order valence-electron chi connectivity index (χ3n) is 4.99. The topological polar surface area (TPSA) is 50.7 Å². The molecule has 0 radical (unpaired) electrons. The van der Waals surface area contributed by atoms with Gasteiger partial charge in [-0.15, -0.1) is 0 Å². The van der Waals surface area contributed by atoms with Crippen molar-refractivity contribution >= 4 is 11.8 Å². The van der Waals surface area contributed by atoms with E-state index in [1.807, 2.05) is 4.90 Å². The number of aryl methyl sites for hydroxylation is 1. The van der Waals surface area contributed by atoms with Gasteiger partial charge in [-0.25, -0.2) is 9.37 Å². The molecule has 3 heterocycles. The number of ether oxygens (including phenoxy) is 2. The van der Waals surface area contributed by atoms with E-state index >= 15 is 0 Å². The fourth-order valence-corrected chi connectivity index (χ4v) is 3.52. The molecule has 0 saturated carbocycles. The van der Waals surface area contributed by atoms with Gasteiger partial charge in [-0.05, 0) is 32.6 Å². The van der Waals surface area contributed by atoms with E-state index in [1.54, 1.807) is 21.1 Å². The van der Waals surface area contributed by atoms with Gasteiger partial charge in [0.05, 0.1) is 17.9 Å². The highest BCUT2D eigenvalue weighted by Crippen LogP contribution is 2.27. The van der Waals surface area contributed by atoms with E-state index in [9.17, 15) is 4.39 Å². The Bertz CT molecular complexity index is 572. The van der Waals surface area contributed by atoms with Crippen LogP contribution in [0.2, 0.25) is 0 Å². The van der Waals surface area contributed by atoms with Crippen molar-refractivity contribution in [1.82, 2.24) is 9.97 Å². The Morgan fingerprint density at radius 3 is 2.17 bits per heavy atom. The van der Waals surface area contributed by atoms with Gasteiger partial charge in [0, 0.05) is 40.4 Å². The Kier molecular flexibility index (Phi) is 5.50. The Hall–Kier alpha value is -1.47. The van der Waals surface area contributed by atoms with Crippen molar-refractivity contribution in [3.05, 3.63) is 11.5 Å². The zero-order chi connectivity index (χ0) is 17.1. The largest absolute Gasteiger partial charge is 0.380 e. The minimum absolute atomic E-state index is 0.129. The van der Waals surface area contributed by atoms with Crippen LogP contribution >= 0.6 is 0 Å². The van der Waals surface area contributed by atoms with Crippen molar-refractivity contribution < 1.29 is 13.9 Å². The lowest BCUT2D eigenvalue weighted by Gasteiger charge is -2.35. The number of nitrogens with zero attached hydrogens (tertiary/aromatic N) is 4. The number of hydrogen-bond acceptors (Lipinski definition) is 6. The van der Waals surface area contributed by atoms with Gasteiger partial charge in [-0.3, -0.25) is 0 Å². The first kappa shape index (κ1) is 17.4. The standard InChI is InChI=1S/C17H27FN4O2/c1-12-15(18)16(21-8-4-6-13(10-21)23-2)20-17(19-12)22-9-5-7-14(11-22)24-3/h13-14H,4-11H2,1-3H3/t13-,14+/m1/s1. The molecule has 1 aromatic rings. The maximum absolute atomic E-state index is 14.7. The zero-order valence-corrected chi connectivity index (χ0v) is 14.8. The lowest BCUT2D eigenvalue weighted by atomic mass is 10.1. The molecule has 2 aliphatic heterocycles. The monoisotopic (exact) mass is 338 g/mol. The van der Waals surface area contributed by atoms with Crippen LogP contribution in [-0.4, -0.2) is 62.6 Å². The van der Waals surface area contributed by atoms with Crippen molar-refractivity contribution in [2.75, 3.05) is 50.2 Å². The van der Waals surface area contributed by atoms with Gasteiger partial charge in [0.25, 0.3) is 0 Å². The van der Waals surface area contributed by atoms with Crippen molar-refractivity contribution in [3.8, 4) is 0 Å². The number of anilines is 2. The van der Waals surface area contributed by atoms with Gasteiger partial charge < -0.3 is 19.3 Å². The highest BCUT2D eigenvalue weighted by atomic mass is 19.1. The number of rotatable bonds is 4. The summed E-state index contributed by atoms with van der Waals surface area (Å²) >= 11 is 0. The summed E-state index contributed by atoms with van der Waals surface area (Å²) in [5.74, 6) is 0.680. The summed E-state index contributed by atoms with van der Waals surface area (Å²) in [6.45, 7) is 4.81. The second-order valence-corrected chi connectivity index (χ2v) is 6.64. The molecule has 2 fully saturated rings. The summed E-state index contributed by atoms with van der Waals surface area (Å²) in [5, 5.41) is 0. The molecule has 0 aromatic carbocycles. The van der Waals surface area contributed by atoms with E-state index in [-0.39, 0.29) is 18.0 Å². The van der Waals surface area contributed by atoms with Crippen molar-refractivity contribution in [1.29, 1.82) is 0 Å². The normalized spacial score (nSPS) is 25.2. The summed E-state index contributed by atoms with van der Waals surface area (Å²) in [5.41, 5.74) is 0.397. The van der Waals surface area contributed by atoms with Crippen molar-refractivity contribution in [2.45, 2.75) is 44.8 Å². The zero-order valence-electron chi connectivity index (χ0n) is 14.8. The van der Waals surface area contributed by atoms with Crippen molar-refractivity contribution in [2.24, 2.45) is 0 Å². The second kappa shape index (κ2) is 7.61.